The number of aliphatic carboxylic acids is 2. The van der Waals surface area contributed by atoms with E-state index in [0.717, 1.165) is 0 Å². The van der Waals surface area contributed by atoms with Crippen LogP contribution in [0.5, 0.6) is 0 Å². The van der Waals surface area contributed by atoms with Crippen molar-refractivity contribution in [1.29, 1.82) is 0 Å². The maximum atomic E-state index is 11.5. The summed E-state index contributed by atoms with van der Waals surface area (Å²) >= 11 is 7.66. The highest BCUT2D eigenvalue weighted by Gasteiger charge is 2.23. The molecule has 0 aromatic heterocycles. The molecule has 98 valence electrons. The lowest BCUT2D eigenvalue weighted by Gasteiger charge is -2.18. The van der Waals surface area contributed by atoms with Crippen LogP contribution in [0.1, 0.15) is 0 Å². The number of amides is 1. The van der Waals surface area contributed by atoms with Gasteiger partial charge in [0, 0.05) is 11.5 Å². The summed E-state index contributed by atoms with van der Waals surface area (Å²) in [5.74, 6) is -2.95. The molecule has 0 aromatic rings. The van der Waals surface area contributed by atoms with Crippen LogP contribution < -0.4 is 10.6 Å². The average Bonchev–Trinajstić information content (AvgIpc) is 2.25. The Morgan fingerprint density at radius 2 is 1.59 bits per heavy atom. The summed E-state index contributed by atoms with van der Waals surface area (Å²) in [5.41, 5.74) is 0. The van der Waals surface area contributed by atoms with Crippen LogP contribution >= 0.6 is 25.3 Å². The van der Waals surface area contributed by atoms with Crippen molar-refractivity contribution in [3.63, 3.8) is 0 Å². The average molecular weight is 282 g/mol. The highest BCUT2D eigenvalue weighted by Crippen LogP contribution is 1.93. The lowest BCUT2D eigenvalue weighted by molar-refractivity contribution is -0.141. The molecule has 0 aromatic carbocycles. The second-order valence-corrected chi connectivity index (χ2v) is 3.82. The quantitative estimate of drug-likeness (QED) is 0.301. The highest BCUT2D eigenvalue weighted by atomic mass is 32.1. The van der Waals surface area contributed by atoms with Gasteiger partial charge in [-0.1, -0.05) is 0 Å². The number of carbonyl (C=O) groups excluding carboxylic acids is 1. The van der Waals surface area contributed by atoms with E-state index >= 15 is 0 Å². The van der Waals surface area contributed by atoms with Crippen molar-refractivity contribution in [3.8, 4) is 0 Å². The lowest BCUT2D eigenvalue weighted by atomic mass is 10.2. The van der Waals surface area contributed by atoms with Gasteiger partial charge in [0.05, 0.1) is 12.6 Å². The standard InChI is InChI=1S/C8H14N2O5S2/c11-6(12)1-9-4(2-16)7(13)10-5(3-17)8(14)15/h4-5,9,16-17H,1-3H2,(H,10,13)(H,11,12)(H,14,15). The van der Waals surface area contributed by atoms with Gasteiger partial charge >= 0.3 is 11.9 Å². The summed E-state index contributed by atoms with van der Waals surface area (Å²) in [4.78, 5) is 32.5. The Morgan fingerprint density at radius 3 is 1.94 bits per heavy atom. The van der Waals surface area contributed by atoms with Gasteiger partial charge in [-0.2, -0.15) is 25.3 Å². The molecule has 0 fully saturated rings. The minimum absolute atomic E-state index is 0.0536. The molecule has 7 nitrogen and oxygen atoms in total. The molecule has 0 spiro atoms. The van der Waals surface area contributed by atoms with Crippen LogP contribution in [0, 0.1) is 0 Å². The molecule has 0 rings (SSSR count). The second-order valence-electron chi connectivity index (χ2n) is 3.09. The maximum absolute atomic E-state index is 11.5. The minimum Gasteiger partial charge on any atom is -0.480 e. The minimum atomic E-state index is -1.20. The maximum Gasteiger partial charge on any atom is 0.327 e. The zero-order valence-corrected chi connectivity index (χ0v) is 10.6. The van der Waals surface area contributed by atoms with Gasteiger partial charge in [-0.25, -0.2) is 4.79 Å². The van der Waals surface area contributed by atoms with E-state index in [1.165, 1.54) is 0 Å². The smallest absolute Gasteiger partial charge is 0.327 e. The normalized spacial score (nSPS) is 13.8. The molecular weight excluding hydrogens is 268 g/mol. The molecule has 0 aliphatic heterocycles. The van der Waals surface area contributed by atoms with E-state index < -0.39 is 36.5 Å². The van der Waals surface area contributed by atoms with Crippen LogP contribution in [-0.4, -0.2) is 58.2 Å². The molecule has 0 heterocycles. The number of thiol groups is 2. The Labute approximate surface area is 109 Å². The van der Waals surface area contributed by atoms with E-state index in [1.807, 2.05) is 0 Å². The van der Waals surface area contributed by atoms with Crippen LogP contribution in [0.15, 0.2) is 0 Å². The molecule has 0 saturated heterocycles. The topological polar surface area (TPSA) is 116 Å². The van der Waals surface area contributed by atoms with Gasteiger partial charge in [0.15, 0.2) is 0 Å². The highest BCUT2D eigenvalue weighted by molar-refractivity contribution is 7.80. The van der Waals surface area contributed by atoms with Crippen molar-refractivity contribution in [2.75, 3.05) is 18.1 Å². The summed E-state index contributed by atoms with van der Waals surface area (Å²) in [6.07, 6.45) is 0. The van der Waals surface area contributed by atoms with E-state index in [4.69, 9.17) is 10.2 Å². The van der Waals surface area contributed by atoms with Gasteiger partial charge in [0.1, 0.15) is 6.04 Å². The molecule has 4 N–H and O–H groups in total. The first kappa shape index (κ1) is 16.1. The Hall–Kier alpha value is -0.930. The number of carbonyl (C=O) groups is 3. The lowest BCUT2D eigenvalue weighted by Crippen LogP contribution is -2.52. The number of carboxylic acids is 2. The predicted octanol–water partition coefficient (Wildman–Crippen LogP) is -1.54. The summed E-state index contributed by atoms with van der Waals surface area (Å²) in [7, 11) is 0. The number of hydrogen-bond acceptors (Lipinski definition) is 6. The van der Waals surface area contributed by atoms with Crippen molar-refractivity contribution in [2.24, 2.45) is 0 Å². The van der Waals surface area contributed by atoms with Gasteiger partial charge < -0.3 is 15.5 Å². The zero-order chi connectivity index (χ0) is 13.4. The molecule has 0 saturated carbocycles. The number of rotatable bonds is 8. The van der Waals surface area contributed by atoms with E-state index in [2.05, 4.69) is 35.9 Å². The zero-order valence-electron chi connectivity index (χ0n) is 8.79. The summed E-state index contributed by atoms with van der Waals surface area (Å²) in [6, 6.07) is -1.98. The van der Waals surface area contributed by atoms with E-state index in [0.29, 0.717) is 0 Å². The fourth-order valence-corrected chi connectivity index (χ4v) is 1.45. The molecule has 9 heteroatoms. The third-order valence-electron chi connectivity index (χ3n) is 1.80. The van der Waals surface area contributed by atoms with Crippen molar-refractivity contribution >= 4 is 43.1 Å². The van der Waals surface area contributed by atoms with Gasteiger partial charge in [0.25, 0.3) is 0 Å². The van der Waals surface area contributed by atoms with E-state index in [-0.39, 0.29) is 11.5 Å². The number of carboxylic acid groups (broad SMARTS) is 2. The first-order valence-electron chi connectivity index (χ1n) is 4.62. The first-order chi connectivity index (χ1) is 7.92. The Kier molecular flexibility index (Phi) is 7.75. The molecular formula is C8H14N2O5S2. The van der Waals surface area contributed by atoms with Crippen molar-refractivity contribution in [1.82, 2.24) is 10.6 Å². The van der Waals surface area contributed by atoms with Gasteiger partial charge in [0.2, 0.25) is 5.91 Å². The SMILES string of the molecule is O=C(O)CNC(CS)C(=O)NC(CS)C(=O)O. The van der Waals surface area contributed by atoms with Crippen LogP contribution in [0.3, 0.4) is 0 Å². The molecule has 0 radical (unpaired) electrons. The van der Waals surface area contributed by atoms with Crippen molar-refractivity contribution < 1.29 is 24.6 Å². The molecule has 0 bridgehead atoms. The van der Waals surface area contributed by atoms with Gasteiger partial charge in [-0.05, 0) is 0 Å². The van der Waals surface area contributed by atoms with Crippen LogP contribution in [0.4, 0.5) is 0 Å². The largest absolute Gasteiger partial charge is 0.480 e. The molecule has 0 aliphatic carbocycles. The summed E-state index contributed by atoms with van der Waals surface area (Å²) in [5, 5.41) is 21.8. The molecule has 1 amide bonds. The van der Waals surface area contributed by atoms with Crippen LogP contribution in [-0.2, 0) is 14.4 Å². The van der Waals surface area contributed by atoms with E-state index in [9.17, 15) is 14.4 Å². The fourth-order valence-electron chi connectivity index (χ4n) is 0.908. The second kappa shape index (κ2) is 8.20. The van der Waals surface area contributed by atoms with Gasteiger partial charge in [-0.3, -0.25) is 14.9 Å². The van der Waals surface area contributed by atoms with Crippen molar-refractivity contribution in [2.45, 2.75) is 12.1 Å². The fraction of sp³-hybridized carbons (Fsp3) is 0.625. The van der Waals surface area contributed by atoms with Crippen molar-refractivity contribution in [3.05, 3.63) is 0 Å². The summed E-state index contributed by atoms with van der Waals surface area (Å²) < 4.78 is 0. The molecule has 17 heavy (non-hydrogen) atoms. The molecule has 0 aliphatic rings. The molecule has 2 unspecified atom stereocenters. The number of nitrogens with one attached hydrogen (secondary N) is 2. The number of hydrogen-bond donors (Lipinski definition) is 6. The summed E-state index contributed by atoms with van der Waals surface area (Å²) in [6.45, 7) is -0.405. The van der Waals surface area contributed by atoms with Crippen LogP contribution in [0.25, 0.3) is 0 Å². The molecule has 2 atom stereocenters. The monoisotopic (exact) mass is 282 g/mol. The Balaban J connectivity index is 4.33. The third-order valence-corrected chi connectivity index (χ3v) is 2.53. The predicted molar refractivity (Wildman–Crippen MR) is 66.7 cm³/mol. The van der Waals surface area contributed by atoms with Gasteiger partial charge in [-0.15, -0.1) is 0 Å². The first-order valence-corrected chi connectivity index (χ1v) is 5.89. The Morgan fingerprint density at radius 1 is 1.06 bits per heavy atom. The van der Waals surface area contributed by atoms with Crippen LogP contribution in [0.2, 0.25) is 0 Å². The Bertz CT molecular complexity index is 300. The third kappa shape index (κ3) is 6.39. The van der Waals surface area contributed by atoms with E-state index in [1.54, 1.807) is 0 Å².